The third-order valence-corrected chi connectivity index (χ3v) is 6.86. The zero-order valence-corrected chi connectivity index (χ0v) is 21.7. The molecule has 1 aromatic heterocycles. The van der Waals surface area contributed by atoms with Crippen LogP contribution in [0.3, 0.4) is 0 Å². The molecule has 0 aliphatic heterocycles. The monoisotopic (exact) mass is 520 g/mol. The predicted molar refractivity (Wildman–Crippen MR) is 151 cm³/mol. The summed E-state index contributed by atoms with van der Waals surface area (Å²) in [6, 6.07) is 23.5. The van der Waals surface area contributed by atoms with Crippen LogP contribution in [0, 0.1) is 6.92 Å². The van der Waals surface area contributed by atoms with Crippen molar-refractivity contribution in [3.05, 3.63) is 83.7 Å². The Morgan fingerprint density at radius 3 is 2.49 bits per heavy atom. The van der Waals surface area contributed by atoms with E-state index in [1.807, 2.05) is 85.1 Å². The lowest BCUT2D eigenvalue weighted by Gasteiger charge is -2.11. The molecule has 0 saturated carbocycles. The van der Waals surface area contributed by atoms with Crippen molar-refractivity contribution < 1.29 is 9.53 Å². The average Bonchev–Trinajstić information content (AvgIpc) is 3.33. The van der Waals surface area contributed by atoms with Crippen molar-refractivity contribution in [1.29, 1.82) is 0 Å². The lowest BCUT2D eigenvalue weighted by atomic mass is 10.2. The van der Waals surface area contributed by atoms with Crippen LogP contribution in [0.1, 0.15) is 5.56 Å². The molecule has 0 atom stereocenters. The Hall–Kier alpha value is -3.40. The first-order chi connectivity index (χ1) is 17.0. The SMILES string of the molecule is COc1ccc(-c2csc(NC(=O)CSc3cccc(NC(=S)Nc4ccc(C)cc4)c3)n2)cc1. The Morgan fingerprint density at radius 1 is 1.00 bits per heavy atom. The summed E-state index contributed by atoms with van der Waals surface area (Å²) >= 11 is 8.27. The number of carbonyl (C=O) groups excluding carboxylic acids is 1. The number of aryl methyl sites for hydroxylation is 1. The van der Waals surface area contributed by atoms with Crippen LogP contribution in [0.15, 0.2) is 83.1 Å². The van der Waals surface area contributed by atoms with Gasteiger partial charge in [0.1, 0.15) is 5.75 Å². The van der Waals surface area contributed by atoms with Gasteiger partial charge in [-0.05, 0) is 73.7 Å². The van der Waals surface area contributed by atoms with Gasteiger partial charge in [-0.1, -0.05) is 23.8 Å². The van der Waals surface area contributed by atoms with Crippen LogP contribution in [0.25, 0.3) is 11.3 Å². The highest BCUT2D eigenvalue weighted by Crippen LogP contribution is 2.27. The predicted octanol–water partition coefficient (Wildman–Crippen LogP) is 6.67. The van der Waals surface area contributed by atoms with Crippen LogP contribution in [-0.4, -0.2) is 28.9 Å². The van der Waals surface area contributed by atoms with Crippen molar-refractivity contribution in [2.75, 3.05) is 28.8 Å². The van der Waals surface area contributed by atoms with Gasteiger partial charge in [-0.15, -0.1) is 23.1 Å². The molecule has 0 fully saturated rings. The number of ether oxygens (including phenoxy) is 1. The molecule has 178 valence electrons. The number of hydrogen-bond donors (Lipinski definition) is 3. The van der Waals surface area contributed by atoms with Crippen LogP contribution in [0.2, 0.25) is 0 Å². The molecule has 0 spiro atoms. The van der Waals surface area contributed by atoms with E-state index in [1.54, 1.807) is 7.11 Å². The minimum atomic E-state index is -0.111. The molecule has 0 bridgehead atoms. The third-order valence-electron chi connectivity index (χ3n) is 4.91. The quantitative estimate of drug-likeness (QED) is 0.177. The maximum absolute atomic E-state index is 12.5. The van der Waals surface area contributed by atoms with Crippen molar-refractivity contribution in [1.82, 2.24) is 4.98 Å². The van der Waals surface area contributed by atoms with Crippen LogP contribution >= 0.6 is 35.3 Å². The maximum Gasteiger partial charge on any atom is 0.236 e. The number of anilines is 3. The van der Waals surface area contributed by atoms with Crippen LogP contribution in [0.4, 0.5) is 16.5 Å². The van der Waals surface area contributed by atoms with Crippen LogP contribution in [0.5, 0.6) is 5.75 Å². The molecule has 0 saturated heterocycles. The summed E-state index contributed by atoms with van der Waals surface area (Å²) in [5.41, 5.74) is 4.75. The van der Waals surface area contributed by atoms with Gasteiger partial charge in [0.2, 0.25) is 5.91 Å². The highest BCUT2D eigenvalue weighted by Gasteiger charge is 2.10. The van der Waals surface area contributed by atoms with E-state index in [0.717, 1.165) is 33.3 Å². The van der Waals surface area contributed by atoms with E-state index in [2.05, 4.69) is 20.9 Å². The number of thioether (sulfide) groups is 1. The van der Waals surface area contributed by atoms with E-state index in [1.165, 1.54) is 28.7 Å². The van der Waals surface area contributed by atoms with Crippen molar-refractivity contribution >= 4 is 62.8 Å². The summed E-state index contributed by atoms with van der Waals surface area (Å²) in [4.78, 5) is 18.0. The molecule has 9 heteroatoms. The van der Waals surface area contributed by atoms with E-state index < -0.39 is 0 Å². The molecule has 0 radical (unpaired) electrons. The number of amides is 1. The standard InChI is InChI=1S/C26H24N4O2S3/c1-17-6-10-19(11-7-17)27-25(33)28-20-4-3-5-22(14-20)34-16-24(31)30-26-29-23(15-35-26)18-8-12-21(32-2)13-9-18/h3-15H,16H2,1-2H3,(H2,27,28,33)(H,29,30,31). The highest BCUT2D eigenvalue weighted by atomic mass is 32.2. The number of nitrogens with zero attached hydrogens (tertiary/aromatic N) is 1. The molecular weight excluding hydrogens is 497 g/mol. The fourth-order valence-electron chi connectivity index (χ4n) is 3.12. The Labute approximate surface area is 218 Å². The number of benzene rings is 3. The maximum atomic E-state index is 12.5. The number of thiocarbonyl (C=S) groups is 1. The van der Waals surface area contributed by atoms with Gasteiger partial charge in [-0.3, -0.25) is 4.79 Å². The van der Waals surface area contributed by atoms with Gasteiger partial charge in [0, 0.05) is 27.2 Å². The number of thiazole rings is 1. The topological polar surface area (TPSA) is 75.3 Å². The molecular formula is C26H24N4O2S3. The van der Waals surface area contributed by atoms with Gasteiger partial charge < -0.3 is 20.7 Å². The number of carbonyl (C=O) groups is 1. The van der Waals surface area contributed by atoms with Gasteiger partial charge >= 0.3 is 0 Å². The second kappa shape index (κ2) is 11.8. The van der Waals surface area contributed by atoms with E-state index in [4.69, 9.17) is 17.0 Å². The van der Waals surface area contributed by atoms with Gasteiger partial charge in [0.25, 0.3) is 0 Å². The third kappa shape index (κ3) is 7.29. The molecule has 4 aromatic rings. The zero-order valence-electron chi connectivity index (χ0n) is 19.2. The van der Waals surface area contributed by atoms with Crippen molar-refractivity contribution in [3.8, 4) is 17.0 Å². The number of aromatic nitrogens is 1. The molecule has 0 aliphatic carbocycles. The molecule has 1 heterocycles. The lowest BCUT2D eigenvalue weighted by molar-refractivity contribution is -0.113. The Kier molecular flexibility index (Phi) is 8.36. The molecule has 0 unspecified atom stereocenters. The molecule has 35 heavy (non-hydrogen) atoms. The molecule has 4 rings (SSSR count). The Balaban J connectivity index is 1.27. The second-order valence-electron chi connectivity index (χ2n) is 7.58. The van der Waals surface area contributed by atoms with Crippen molar-refractivity contribution in [2.24, 2.45) is 0 Å². The van der Waals surface area contributed by atoms with E-state index in [-0.39, 0.29) is 11.7 Å². The molecule has 1 amide bonds. The zero-order chi connectivity index (χ0) is 24.6. The van der Waals surface area contributed by atoms with Crippen LogP contribution < -0.4 is 20.7 Å². The summed E-state index contributed by atoms with van der Waals surface area (Å²) in [7, 11) is 1.63. The average molecular weight is 521 g/mol. The first kappa shape index (κ1) is 24.7. The summed E-state index contributed by atoms with van der Waals surface area (Å²) in [5.74, 6) is 0.950. The van der Waals surface area contributed by atoms with Gasteiger partial charge in [0.05, 0.1) is 18.6 Å². The fraction of sp³-hybridized carbons (Fsp3) is 0.115. The second-order valence-corrected chi connectivity index (χ2v) is 9.89. The first-order valence-corrected chi connectivity index (χ1v) is 13.0. The minimum absolute atomic E-state index is 0.111. The number of methoxy groups -OCH3 is 1. The highest BCUT2D eigenvalue weighted by molar-refractivity contribution is 8.00. The summed E-state index contributed by atoms with van der Waals surface area (Å²) in [6.45, 7) is 2.04. The Bertz CT molecular complexity index is 1300. The van der Waals surface area contributed by atoms with E-state index in [0.29, 0.717) is 10.2 Å². The van der Waals surface area contributed by atoms with Gasteiger partial charge in [0.15, 0.2) is 10.2 Å². The van der Waals surface area contributed by atoms with Crippen molar-refractivity contribution in [2.45, 2.75) is 11.8 Å². The molecule has 3 aromatic carbocycles. The van der Waals surface area contributed by atoms with Crippen LogP contribution in [-0.2, 0) is 4.79 Å². The first-order valence-electron chi connectivity index (χ1n) is 10.8. The number of hydrogen-bond acceptors (Lipinski definition) is 6. The van der Waals surface area contributed by atoms with Crippen molar-refractivity contribution in [3.63, 3.8) is 0 Å². The molecule has 0 aliphatic rings. The largest absolute Gasteiger partial charge is 0.497 e. The molecule has 3 N–H and O–H groups in total. The van der Waals surface area contributed by atoms with E-state index in [9.17, 15) is 4.79 Å². The summed E-state index contributed by atoms with van der Waals surface area (Å²) in [6.07, 6.45) is 0. The summed E-state index contributed by atoms with van der Waals surface area (Å²) in [5, 5.41) is 12.2. The Morgan fingerprint density at radius 2 is 1.74 bits per heavy atom. The number of nitrogens with one attached hydrogen (secondary N) is 3. The number of rotatable bonds is 8. The van der Waals surface area contributed by atoms with Gasteiger partial charge in [-0.25, -0.2) is 4.98 Å². The fourth-order valence-corrected chi connectivity index (χ4v) is 4.85. The lowest BCUT2D eigenvalue weighted by Crippen LogP contribution is -2.19. The van der Waals surface area contributed by atoms with E-state index >= 15 is 0 Å². The minimum Gasteiger partial charge on any atom is -0.497 e. The van der Waals surface area contributed by atoms with Gasteiger partial charge in [-0.2, -0.15) is 0 Å². The summed E-state index contributed by atoms with van der Waals surface area (Å²) < 4.78 is 5.19. The normalized spacial score (nSPS) is 10.5. The smallest absolute Gasteiger partial charge is 0.236 e. The molecule has 6 nitrogen and oxygen atoms in total.